The van der Waals surface area contributed by atoms with Crippen LogP contribution in [0.5, 0.6) is 34.5 Å². The third kappa shape index (κ3) is 4.49. The zero-order valence-corrected chi connectivity index (χ0v) is 18.7. The fraction of sp³-hybridized carbons (Fsp3) is 0.391. The van der Waals surface area contributed by atoms with Crippen molar-refractivity contribution >= 4 is 6.08 Å². The Bertz CT molecular complexity index is 1090. The molecule has 0 bridgehead atoms. The summed E-state index contributed by atoms with van der Waals surface area (Å²) in [6.45, 7) is -0.654. The lowest BCUT2D eigenvalue weighted by Gasteiger charge is -2.41. The fourth-order valence-corrected chi connectivity index (χ4v) is 3.94. The molecule has 2 aromatic carbocycles. The Morgan fingerprint density at radius 2 is 1.54 bits per heavy atom. The molecule has 190 valence electrons. The zero-order valence-electron chi connectivity index (χ0n) is 18.7. The predicted molar refractivity (Wildman–Crippen MR) is 117 cm³/mol. The number of benzene rings is 2. The van der Waals surface area contributed by atoms with E-state index in [2.05, 4.69) is 0 Å². The number of aromatic hydroxyl groups is 3. The highest BCUT2D eigenvalue weighted by atomic mass is 16.7. The molecule has 12 heteroatoms. The molecule has 0 saturated carbocycles. The Morgan fingerprint density at radius 1 is 0.886 bits per heavy atom. The summed E-state index contributed by atoms with van der Waals surface area (Å²) in [6, 6.07) is 5.26. The van der Waals surface area contributed by atoms with Gasteiger partial charge in [-0.2, -0.15) is 0 Å². The maximum absolute atomic E-state index is 10.4. The lowest BCUT2D eigenvalue weighted by atomic mass is 9.98. The van der Waals surface area contributed by atoms with E-state index in [0.717, 1.165) is 6.07 Å². The van der Waals surface area contributed by atoms with Gasteiger partial charge in [0.1, 0.15) is 47.4 Å². The SMILES string of the molecule is COc1cc(C2Oc3cc(O)cc(O)c3C=C2O[C@@H]2O[C@@H](CO)[C@H](O)[C@H](O)[C@H]2O)cc(OC)c1O. The van der Waals surface area contributed by atoms with Crippen molar-refractivity contribution < 1.29 is 59.4 Å². The van der Waals surface area contributed by atoms with E-state index in [1.54, 1.807) is 0 Å². The van der Waals surface area contributed by atoms with Crippen molar-refractivity contribution in [3.63, 3.8) is 0 Å². The molecule has 0 aromatic heterocycles. The van der Waals surface area contributed by atoms with Gasteiger partial charge in [-0.15, -0.1) is 0 Å². The number of aliphatic hydroxyl groups is 4. The molecule has 0 spiro atoms. The quantitative estimate of drug-likeness (QED) is 0.288. The van der Waals surface area contributed by atoms with Crippen LogP contribution >= 0.6 is 0 Å². The summed E-state index contributed by atoms with van der Waals surface area (Å²) >= 11 is 0. The molecule has 2 aliphatic rings. The minimum absolute atomic E-state index is 0.0161. The van der Waals surface area contributed by atoms with Gasteiger partial charge >= 0.3 is 0 Å². The van der Waals surface area contributed by atoms with Crippen LogP contribution in [0.3, 0.4) is 0 Å². The number of phenols is 3. The number of ether oxygens (including phenoxy) is 5. The average molecular weight is 494 g/mol. The van der Waals surface area contributed by atoms with Gasteiger partial charge in [-0.05, 0) is 18.2 Å². The van der Waals surface area contributed by atoms with Gasteiger partial charge in [-0.3, -0.25) is 0 Å². The van der Waals surface area contributed by atoms with Crippen molar-refractivity contribution in [2.24, 2.45) is 0 Å². The Morgan fingerprint density at radius 3 is 2.14 bits per heavy atom. The third-order valence-electron chi connectivity index (χ3n) is 5.80. The van der Waals surface area contributed by atoms with E-state index in [1.807, 2.05) is 0 Å². The second-order valence-electron chi connectivity index (χ2n) is 8.01. The van der Waals surface area contributed by atoms with Crippen LogP contribution in [0.25, 0.3) is 6.08 Å². The summed E-state index contributed by atoms with van der Waals surface area (Å²) in [7, 11) is 2.68. The van der Waals surface area contributed by atoms with Gasteiger partial charge in [0.25, 0.3) is 0 Å². The van der Waals surface area contributed by atoms with E-state index in [9.17, 15) is 35.7 Å². The highest BCUT2D eigenvalue weighted by Gasteiger charge is 2.46. The first-order valence-electron chi connectivity index (χ1n) is 10.5. The first-order chi connectivity index (χ1) is 16.7. The van der Waals surface area contributed by atoms with Crippen LogP contribution in [0.2, 0.25) is 0 Å². The molecule has 12 nitrogen and oxygen atoms in total. The highest BCUT2D eigenvalue weighted by Crippen LogP contribution is 2.47. The van der Waals surface area contributed by atoms with Gasteiger partial charge < -0.3 is 59.4 Å². The fourth-order valence-electron chi connectivity index (χ4n) is 3.94. The molecule has 7 N–H and O–H groups in total. The molecular formula is C23H26O12. The number of fused-ring (bicyclic) bond motifs is 1. The van der Waals surface area contributed by atoms with Crippen LogP contribution in [-0.4, -0.2) is 87.3 Å². The van der Waals surface area contributed by atoms with Gasteiger partial charge in [0, 0.05) is 17.7 Å². The number of hydrogen-bond donors (Lipinski definition) is 7. The topological polar surface area (TPSA) is 188 Å². The number of phenolic OH excluding ortho intramolecular Hbond substituents is 3. The van der Waals surface area contributed by atoms with Gasteiger partial charge in [-0.1, -0.05) is 0 Å². The van der Waals surface area contributed by atoms with Crippen LogP contribution in [0, 0.1) is 0 Å². The molecule has 0 amide bonds. The summed E-state index contributed by atoms with van der Waals surface area (Å²) in [5, 5.41) is 70.6. The average Bonchev–Trinajstić information content (AvgIpc) is 2.84. The summed E-state index contributed by atoms with van der Waals surface area (Å²) in [6.07, 6.45) is -7.43. The lowest BCUT2D eigenvalue weighted by Crippen LogP contribution is -2.59. The molecule has 0 aliphatic carbocycles. The molecule has 1 unspecified atom stereocenters. The van der Waals surface area contributed by atoms with Crippen molar-refractivity contribution in [2.75, 3.05) is 20.8 Å². The molecule has 6 atom stereocenters. The number of aliphatic hydroxyl groups excluding tert-OH is 4. The van der Waals surface area contributed by atoms with Gasteiger partial charge in [0.2, 0.25) is 12.0 Å². The monoisotopic (exact) mass is 494 g/mol. The third-order valence-corrected chi connectivity index (χ3v) is 5.80. The largest absolute Gasteiger partial charge is 0.508 e. The molecule has 35 heavy (non-hydrogen) atoms. The number of rotatable bonds is 6. The number of hydrogen-bond acceptors (Lipinski definition) is 12. The Hall–Kier alpha value is -3.42. The van der Waals surface area contributed by atoms with Crippen molar-refractivity contribution in [1.82, 2.24) is 0 Å². The summed E-state index contributed by atoms with van der Waals surface area (Å²) in [5.41, 5.74) is 0.497. The van der Waals surface area contributed by atoms with Crippen molar-refractivity contribution in [2.45, 2.75) is 36.8 Å². The maximum atomic E-state index is 10.4. The Balaban J connectivity index is 1.79. The smallest absolute Gasteiger partial charge is 0.228 e. The van der Waals surface area contributed by atoms with Crippen LogP contribution in [0.4, 0.5) is 0 Å². The van der Waals surface area contributed by atoms with Gasteiger partial charge in [0.15, 0.2) is 17.6 Å². The minimum Gasteiger partial charge on any atom is -0.508 e. The van der Waals surface area contributed by atoms with Crippen molar-refractivity contribution in [1.29, 1.82) is 0 Å². The lowest BCUT2D eigenvalue weighted by molar-refractivity contribution is -0.293. The molecule has 1 fully saturated rings. The van der Waals surface area contributed by atoms with E-state index in [1.165, 1.54) is 38.5 Å². The minimum atomic E-state index is -1.70. The molecular weight excluding hydrogens is 468 g/mol. The van der Waals surface area contributed by atoms with Crippen LogP contribution in [0.15, 0.2) is 30.0 Å². The van der Waals surface area contributed by atoms with Gasteiger partial charge in [-0.25, -0.2) is 0 Å². The van der Waals surface area contributed by atoms with Crippen molar-refractivity contribution in [3.05, 3.63) is 41.2 Å². The summed E-state index contributed by atoms with van der Waals surface area (Å²) in [5.74, 6) is -0.649. The standard InChI is InChI=1S/C23H26O12/c1-31-14-3-9(4-15(32-2)18(14)27)22-16(7-11-12(26)5-10(25)6-13(11)33-22)34-23-21(30)20(29)19(28)17(8-24)35-23/h3-7,17,19-30H,8H2,1-2H3/t17-,19-,20-,21+,22?,23+/m0/s1. The summed E-state index contributed by atoms with van der Waals surface area (Å²) in [4.78, 5) is 0. The highest BCUT2D eigenvalue weighted by molar-refractivity contribution is 5.70. The first kappa shape index (κ1) is 24.7. The zero-order chi connectivity index (χ0) is 25.4. The van der Waals surface area contributed by atoms with Crippen LogP contribution in [-0.2, 0) is 9.47 Å². The molecule has 1 saturated heterocycles. The summed E-state index contributed by atoms with van der Waals surface area (Å²) < 4.78 is 27.7. The maximum Gasteiger partial charge on any atom is 0.228 e. The van der Waals surface area contributed by atoms with E-state index in [-0.39, 0.29) is 45.8 Å². The Labute approximate surface area is 199 Å². The number of methoxy groups -OCH3 is 2. The molecule has 4 rings (SSSR count). The molecule has 2 heterocycles. The van der Waals surface area contributed by atoms with Gasteiger partial charge in [0.05, 0.1) is 26.4 Å². The van der Waals surface area contributed by atoms with Crippen molar-refractivity contribution in [3.8, 4) is 34.5 Å². The van der Waals surface area contributed by atoms with E-state index in [0.29, 0.717) is 5.56 Å². The molecule has 2 aliphatic heterocycles. The second kappa shape index (κ2) is 9.68. The van der Waals surface area contributed by atoms with Crippen LogP contribution in [0.1, 0.15) is 17.2 Å². The van der Waals surface area contributed by atoms with E-state index < -0.39 is 43.4 Å². The first-order valence-corrected chi connectivity index (χ1v) is 10.5. The van der Waals surface area contributed by atoms with Crippen LogP contribution < -0.4 is 14.2 Å². The second-order valence-corrected chi connectivity index (χ2v) is 8.01. The predicted octanol–water partition coefficient (Wildman–Crippen LogP) is 0.112. The normalized spacial score (nSPS) is 27.9. The molecule has 2 aromatic rings. The van der Waals surface area contributed by atoms with E-state index in [4.69, 9.17) is 23.7 Å². The Kier molecular flexibility index (Phi) is 6.83. The molecule has 0 radical (unpaired) electrons. The van der Waals surface area contributed by atoms with E-state index >= 15 is 0 Å².